The molecule has 0 saturated carbocycles. The minimum atomic E-state index is -3.76. The van der Waals surface area contributed by atoms with E-state index in [4.69, 9.17) is 0 Å². The van der Waals surface area contributed by atoms with Crippen molar-refractivity contribution in [2.75, 3.05) is 11.9 Å². The summed E-state index contributed by atoms with van der Waals surface area (Å²) in [5, 5.41) is 2.72. The number of amides is 1. The lowest BCUT2D eigenvalue weighted by molar-refractivity contribution is -0.116. The molecule has 0 spiro atoms. The monoisotopic (exact) mass is 364 g/mol. The lowest BCUT2D eigenvalue weighted by Crippen LogP contribution is -2.27. The molecule has 2 aromatic rings. The zero-order valence-corrected chi connectivity index (χ0v) is 14.9. The molecule has 25 heavy (non-hydrogen) atoms. The number of rotatable bonds is 7. The van der Waals surface area contributed by atoms with E-state index in [0.29, 0.717) is 11.6 Å². The Labute approximate surface area is 147 Å². The molecule has 0 aliphatic rings. The Kier molecular flexibility index (Phi) is 6.27. The highest BCUT2D eigenvalue weighted by atomic mass is 32.2. The Morgan fingerprint density at radius 1 is 1.04 bits per heavy atom. The number of benzene rings is 2. The van der Waals surface area contributed by atoms with Crippen LogP contribution in [-0.4, -0.2) is 20.9 Å². The number of anilines is 1. The van der Waals surface area contributed by atoms with Crippen LogP contribution < -0.4 is 10.0 Å². The van der Waals surface area contributed by atoms with Gasteiger partial charge in [-0.1, -0.05) is 26.0 Å². The molecule has 2 N–H and O–H groups in total. The van der Waals surface area contributed by atoms with Crippen LogP contribution in [0.15, 0.2) is 53.4 Å². The second-order valence-corrected chi connectivity index (χ2v) is 7.69. The van der Waals surface area contributed by atoms with Gasteiger partial charge in [0.05, 0.1) is 4.90 Å². The Bertz CT molecular complexity index is 816. The van der Waals surface area contributed by atoms with Gasteiger partial charge >= 0.3 is 0 Å². The molecule has 0 unspecified atom stereocenters. The van der Waals surface area contributed by atoms with E-state index >= 15 is 0 Å². The minimum Gasteiger partial charge on any atom is -0.326 e. The van der Waals surface area contributed by atoms with Gasteiger partial charge in [0.1, 0.15) is 5.82 Å². The van der Waals surface area contributed by atoms with Crippen LogP contribution in [0.1, 0.15) is 31.7 Å². The molecule has 0 aliphatic carbocycles. The first-order valence-electron chi connectivity index (χ1n) is 7.93. The molecule has 2 rings (SSSR count). The van der Waals surface area contributed by atoms with Crippen molar-refractivity contribution in [1.82, 2.24) is 4.72 Å². The lowest BCUT2D eigenvalue weighted by atomic mass is 10.0. The summed E-state index contributed by atoms with van der Waals surface area (Å²) in [5.74, 6) is -0.397. The molecule has 0 fully saturated rings. The summed E-state index contributed by atoms with van der Waals surface area (Å²) in [5.41, 5.74) is 1.83. The Hall–Kier alpha value is -2.25. The number of carbonyl (C=O) groups excluding carboxylic acids is 1. The van der Waals surface area contributed by atoms with Gasteiger partial charge in [-0.3, -0.25) is 4.79 Å². The first-order chi connectivity index (χ1) is 11.8. The molecular weight excluding hydrogens is 343 g/mol. The number of sulfonamides is 1. The maximum Gasteiger partial charge on any atom is 0.240 e. The van der Waals surface area contributed by atoms with Crippen molar-refractivity contribution in [2.24, 2.45) is 0 Å². The van der Waals surface area contributed by atoms with Crippen molar-refractivity contribution < 1.29 is 17.6 Å². The fourth-order valence-corrected chi connectivity index (χ4v) is 3.20. The zero-order valence-electron chi connectivity index (χ0n) is 14.1. The van der Waals surface area contributed by atoms with Gasteiger partial charge in [0.25, 0.3) is 0 Å². The van der Waals surface area contributed by atoms with E-state index in [2.05, 4.69) is 23.9 Å². The molecule has 2 aromatic carbocycles. The maximum atomic E-state index is 12.8. The van der Waals surface area contributed by atoms with E-state index in [1.54, 1.807) is 0 Å². The van der Waals surface area contributed by atoms with E-state index in [1.165, 1.54) is 17.7 Å². The molecule has 134 valence electrons. The number of halogens is 1. The molecule has 0 aromatic heterocycles. The van der Waals surface area contributed by atoms with Crippen molar-refractivity contribution in [3.8, 4) is 0 Å². The molecule has 0 atom stereocenters. The van der Waals surface area contributed by atoms with Gasteiger partial charge in [-0.15, -0.1) is 0 Å². The Balaban J connectivity index is 1.84. The van der Waals surface area contributed by atoms with Crippen LogP contribution in [0.3, 0.4) is 0 Å². The fraction of sp³-hybridized carbons (Fsp3) is 0.278. The van der Waals surface area contributed by atoms with Gasteiger partial charge < -0.3 is 5.32 Å². The van der Waals surface area contributed by atoms with Crippen molar-refractivity contribution in [1.29, 1.82) is 0 Å². The van der Waals surface area contributed by atoms with Crippen LogP contribution in [0.5, 0.6) is 0 Å². The summed E-state index contributed by atoms with van der Waals surface area (Å²) in [6, 6.07) is 12.0. The minimum absolute atomic E-state index is 0.00758. The van der Waals surface area contributed by atoms with Gasteiger partial charge in [0, 0.05) is 18.7 Å². The normalized spacial score (nSPS) is 11.5. The summed E-state index contributed by atoms with van der Waals surface area (Å²) in [6.45, 7) is 4.12. The molecule has 1 amide bonds. The molecule has 5 nitrogen and oxygen atoms in total. The molecule has 0 bridgehead atoms. The summed E-state index contributed by atoms with van der Waals surface area (Å²) in [7, 11) is -3.76. The molecule has 7 heteroatoms. The lowest BCUT2D eigenvalue weighted by Gasteiger charge is -2.09. The summed E-state index contributed by atoms with van der Waals surface area (Å²) >= 11 is 0. The van der Waals surface area contributed by atoms with Crippen LogP contribution in [0, 0.1) is 5.82 Å². The summed E-state index contributed by atoms with van der Waals surface area (Å²) in [4.78, 5) is 11.9. The molecule has 0 saturated heterocycles. The topological polar surface area (TPSA) is 75.3 Å². The summed E-state index contributed by atoms with van der Waals surface area (Å²) in [6.07, 6.45) is -0.00758. The second kappa shape index (κ2) is 8.22. The first kappa shape index (κ1) is 19.1. The van der Waals surface area contributed by atoms with Gasteiger partial charge in [-0.25, -0.2) is 17.5 Å². The highest BCUT2D eigenvalue weighted by molar-refractivity contribution is 7.89. The van der Waals surface area contributed by atoms with Crippen molar-refractivity contribution >= 4 is 21.6 Å². The fourth-order valence-electron chi connectivity index (χ4n) is 2.17. The number of carbonyl (C=O) groups is 1. The predicted octanol–water partition coefficient (Wildman–Crippen LogP) is 3.26. The van der Waals surface area contributed by atoms with Gasteiger partial charge in [0.15, 0.2) is 0 Å². The quantitative estimate of drug-likeness (QED) is 0.792. The first-order valence-corrected chi connectivity index (χ1v) is 9.41. The maximum absolute atomic E-state index is 12.8. The molecule has 0 aliphatic heterocycles. The average Bonchev–Trinajstić information content (AvgIpc) is 2.55. The van der Waals surface area contributed by atoms with Crippen molar-refractivity contribution in [2.45, 2.75) is 31.1 Å². The van der Waals surface area contributed by atoms with Gasteiger partial charge in [0.2, 0.25) is 15.9 Å². The van der Waals surface area contributed by atoms with Crippen LogP contribution in [0.4, 0.5) is 10.1 Å². The largest absolute Gasteiger partial charge is 0.326 e. The van der Waals surface area contributed by atoms with Crippen molar-refractivity contribution in [3.05, 3.63) is 59.9 Å². The average molecular weight is 364 g/mol. The zero-order chi connectivity index (χ0) is 18.4. The van der Waals surface area contributed by atoms with E-state index in [1.807, 2.05) is 24.3 Å². The van der Waals surface area contributed by atoms with E-state index in [9.17, 15) is 17.6 Å². The molecule has 0 heterocycles. The summed E-state index contributed by atoms with van der Waals surface area (Å²) < 4.78 is 39.2. The number of hydrogen-bond acceptors (Lipinski definition) is 3. The van der Waals surface area contributed by atoms with Crippen LogP contribution in [-0.2, 0) is 14.8 Å². The third kappa shape index (κ3) is 5.65. The number of hydrogen-bond donors (Lipinski definition) is 2. The van der Waals surface area contributed by atoms with Crippen LogP contribution in [0.2, 0.25) is 0 Å². The smallest absolute Gasteiger partial charge is 0.240 e. The molecular formula is C18H21FN2O3S. The van der Waals surface area contributed by atoms with Gasteiger partial charge in [-0.2, -0.15) is 0 Å². The third-order valence-corrected chi connectivity index (χ3v) is 5.11. The van der Waals surface area contributed by atoms with Crippen LogP contribution >= 0.6 is 0 Å². The number of nitrogens with one attached hydrogen (secondary N) is 2. The SMILES string of the molecule is CC(C)c1ccc(NC(=O)CCNS(=O)(=O)c2ccc(F)cc2)cc1. The van der Waals surface area contributed by atoms with Gasteiger partial charge in [-0.05, 0) is 47.9 Å². The highest BCUT2D eigenvalue weighted by Gasteiger charge is 2.14. The van der Waals surface area contributed by atoms with E-state index < -0.39 is 15.8 Å². The Morgan fingerprint density at radius 2 is 1.64 bits per heavy atom. The van der Waals surface area contributed by atoms with E-state index in [-0.39, 0.29) is 23.8 Å². The second-order valence-electron chi connectivity index (χ2n) is 5.93. The van der Waals surface area contributed by atoms with E-state index in [0.717, 1.165) is 12.1 Å². The highest BCUT2D eigenvalue weighted by Crippen LogP contribution is 2.17. The predicted molar refractivity (Wildman–Crippen MR) is 95.4 cm³/mol. The van der Waals surface area contributed by atoms with Crippen molar-refractivity contribution in [3.63, 3.8) is 0 Å². The van der Waals surface area contributed by atoms with Crippen LogP contribution in [0.25, 0.3) is 0 Å². The Morgan fingerprint density at radius 3 is 2.20 bits per heavy atom. The third-order valence-electron chi connectivity index (χ3n) is 3.63. The molecule has 0 radical (unpaired) electrons. The standard InChI is InChI=1S/C18H21FN2O3S/c1-13(2)14-3-7-16(8-4-14)21-18(22)11-12-20-25(23,24)17-9-5-15(19)6-10-17/h3-10,13,20H,11-12H2,1-2H3,(H,21,22).